The van der Waals surface area contributed by atoms with Gasteiger partial charge in [0, 0.05) is 38.3 Å². The summed E-state index contributed by atoms with van der Waals surface area (Å²) < 4.78 is 0. The Kier molecular flexibility index (Phi) is 5.54. The third-order valence-electron chi connectivity index (χ3n) is 5.61. The van der Waals surface area contributed by atoms with Crippen molar-refractivity contribution in [1.29, 1.82) is 0 Å². The fraction of sp³-hybridized carbons (Fsp3) is 0.632. The van der Waals surface area contributed by atoms with E-state index in [2.05, 4.69) is 35.9 Å². The predicted molar refractivity (Wildman–Crippen MR) is 96.4 cm³/mol. The van der Waals surface area contributed by atoms with Crippen molar-refractivity contribution in [2.24, 2.45) is 11.8 Å². The molecule has 0 bridgehead atoms. The minimum absolute atomic E-state index is 0.0557. The number of piperazine rings is 1. The first-order valence-electron chi connectivity index (χ1n) is 9.12. The molecule has 0 radical (unpaired) electrons. The summed E-state index contributed by atoms with van der Waals surface area (Å²) in [5.41, 5.74) is 1.95. The van der Waals surface area contributed by atoms with Crippen LogP contribution in [-0.4, -0.2) is 60.0 Å². The van der Waals surface area contributed by atoms with Crippen LogP contribution in [-0.2, 0) is 6.54 Å². The molecule has 24 heavy (non-hydrogen) atoms. The summed E-state index contributed by atoms with van der Waals surface area (Å²) in [5.74, 6) is 6.56. The second kappa shape index (κ2) is 7.64. The van der Waals surface area contributed by atoms with Crippen LogP contribution in [0, 0.1) is 5.92 Å². The van der Waals surface area contributed by atoms with Gasteiger partial charge in [0.25, 0.3) is 5.91 Å². The summed E-state index contributed by atoms with van der Waals surface area (Å²) in [4.78, 5) is 17.4. The van der Waals surface area contributed by atoms with Crippen molar-refractivity contribution >= 4 is 5.91 Å². The molecule has 0 spiro atoms. The summed E-state index contributed by atoms with van der Waals surface area (Å²) in [5, 5.41) is 1.47. The van der Waals surface area contributed by atoms with Crippen molar-refractivity contribution in [1.82, 2.24) is 14.8 Å². The lowest BCUT2D eigenvalue weighted by molar-refractivity contribution is 0.0642. The lowest BCUT2D eigenvalue weighted by Crippen LogP contribution is -2.46. The summed E-state index contributed by atoms with van der Waals surface area (Å²) >= 11 is 0. The molecule has 2 aliphatic rings. The van der Waals surface area contributed by atoms with Gasteiger partial charge in [-0.2, -0.15) is 0 Å². The highest BCUT2D eigenvalue weighted by Gasteiger charge is 2.30. The van der Waals surface area contributed by atoms with E-state index in [1.807, 2.05) is 12.1 Å². The van der Waals surface area contributed by atoms with Crippen molar-refractivity contribution in [2.45, 2.75) is 38.8 Å². The van der Waals surface area contributed by atoms with Crippen LogP contribution >= 0.6 is 0 Å². The highest BCUT2D eigenvalue weighted by molar-refractivity contribution is 5.94. The first-order chi connectivity index (χ1) is 11.5. The average Bonchev–Trinajstić information content (AvgIpc) is 3.02. The van der Waals surface area contributed by atoms with E-state index >= 15 is 0 Å². The molecule has 1 amide bonds. The molecule has 1 saturated heterocycles. The van der Waals surface area contributed by atoms with Crippen LogP contribution in [0.3, 0.4) is 0 Å². The van der Waals surface area contributed by atoms with E-state index in [9.17, 15) is 4.79 Å². The molecule has 5 heteroatoms. The van der Waals surface area contributed by atoms with Crippen molar-refractivity contribution in [2.75, 3.05) is 33.2 Å². The maximum absolute atomic E-state index is 12.6. The van der Waals surface area contributed by atoms with E-state index in [1.165, 1.54) is 10.6 Å². The predicted octanol–water partition coefficient (Wildman–Crippen LogP) is 1.94. The molecule has 0 aromatic heterocycles. The fourth-order valence-corrected chi connectivity index (χ4v) is 3.86. The first-order valence-corrected chi connectivity index (χ1v) is 9.12. The van der Waals surface area contributed by atoms with Crippen molar-refractivity contribution in [3.8, 4) is 0 Å². The van der Waals surface area contributed by atoms with Gasteiger partial charge in [0.05, 0.1) is 6.04 Å². The molecule has 1 saturated carbocycles. The lowest BCUT2D eigenvalue weighted by atomic mass is 10.0. The highest BCUT2D eigenvalue weighted by atomic mass is 16.2. The molecule has 1 heterocycles. The van der Waals surface area contributed by atoms with Crippen LogP contribution in [0.1, 0.15) is 42.1 Å². The summed E-state index contributed by atoms with van der Waals surface area (Å²) in [6.07, 6.45) is 3.34. The Morgan fingerprint density at radius 2 is 1.83 bits per heavy atom. The van der Waals surface area contributed by atoms with Gasteiger partial charge in [0.1, 0.15) is 0 Å². The van der Waals surface area contributed by atoms with E-state index < -0.39 is 0 Å². The Labute approximate surface area is 145 Å². The Bertz CT molecular complexity index is 551. The lowest BCUT2D eigenvalue weighted by Gasteiger charge is -2.32. The van der Waals surface area contributed by atoms with E-state index in [4.69, 9.17) is 5.84 Å². The molecule has 1 aliphatic carbocycles. The van der Waals surface area contributed by atoms with Crippen LogP contribution in [0.25, 0.3) is 0 Å². The molecule has 2 atom stereocenters. The molecule has 1 unspecified atom stereocenters. The molecule has 5 nitrogen and oxygen atoms in total. The molecule has 1 aliphatic heterocycles. The number of amides is 1. The monoisotopic (exact) mass is 330 g/mol. The standard InChI is InChI=1S/C19H30N4O/c1-15-4-3-5-18(15)23(20)19(24)17-8-6-16(7-9-17)14-22-12-10-21(2)11-13-22/h6-9,15,18H,3-5,10-14,20H2,1-2H3/t15?,18-/m1/s1. The summed E-state index contributed by atoms with van der Waals surface area (Å²) in [6, 6.07) is 8.16. The van der Waals surface area contributed by atoms with Gasteiger partial charge in [0.2, 0.25) is 0 Å². The largest absolute Gasteiger partial charge is 0.304 e. The van der Waals surface area contributed by atoms with Gasteiger partial charge in [-0.3, -0.25) is 14.7 Å². The van der Waals surface area contributed by atoms with Crippen LogP contribution in [0.4, 0.5) is 0 Å². The van der Waals surface area contributed by atoms with Gasteiger partial charge in [-0.15, -0.1) is 0 Å². The minimum Gasteiger partial charge on any atom is -0.304 e. The number of carbonyl (C=O) groups excluding carboxylic acids is 1. The Balaban J connectivity index is 1.58. The van der Waals surface area contributed by atoms with Crippen LogP contribution in [0.5, 0.6) is 0 Å². The number of hydrazine groups is 1. The number of nitrogens with zero attached hydrogens (tertiary/aromatic N) is 3. The second-order valence-electron chi connectivity index (χ2n) is 7.46. The van der Waals surface area contributed by atoms with Crippen LogP contribution < -0.4 is 5.84 Å². The number of hydrogen-bond acceptors (Lipinski definition) is 4. The van der Waals surface area contributed by atoms with Gasteiger partial charge in [0.15, 0.2) is 0 Å². The van der Waals surface area contributed by atoms with Crippen molar-refractivity contribution in [3.05, 3.63) is 35.4 Å². The maximum atomic E-state index is 12.6. The number of benzene rings is 1. The molecule has 1 aromatic rings. The molecular weight excluding hydrogens is 300 g/mol. The third kappa shape index (κ3) is 3.97. The number of likely N-dealkylation sites (N-methyl/N-ethyl adjacent to an activating group) is 1. The smallest absolute Gasteiger partial charge is 0.268 e. The summed E-state index contributed by atoms with van der Waals surface area (Å²) in [6.45, 7) is 7.59. The van der Waals surface area contributed by atoms with Crippen LogP contribution in [0.2, 0.25) is 0 Å². The maximum Gasteiger partial charge on any atom is 0.268 e. The van der Waals surface area contributed by atoms with Crippen molar-refractivity contribution < 1.29 is 4.79 Å². The summed E-state index contributed by atoms with van der Waals surface area (Å²) in [7, 11) is 2.17. The average molecular weight is 330 g/mol. The van der Waals surface area contributed by atoms with E-state index in [0.29, 0.717) is 11.5 Å². The van der Waals surface area contributed by atoms with Gasteiger partial charge in [-0.05, 0) is 43.5 Å². The SMILES string of the molecule is CC1CCC[C@H]1N(N)C(=O)c1ccc(CN2CCN(C)CC2)cc1. The number of carbonyl (C=O) groups is 1. The zero-order chi connectivity index (χ0) is 17.1. The molecular formula is C19H30N4O. The van der Waals surface area contributed by atoms with Crippen LogP contribution in [0.15, 0.2) is 24.3 Å². The zero-order valence-electron chi connectivity index (χ0n) is 14.9. The first kappa shape index (κ1) is 17.4. The Morgan fingerprint density at radius 1 is 1.17 bits per heavy atom. The number of rotatable bonds is 4. The normalized spacial score (nSPS) is 25.8. The second-order valence-corrected chi connectivity index (χ2v) is 7.46. The molecule has 2 N–H and O–H groups in total. The Hall–Kier alpha value is -1.43. The van der Waals surface area contributed by atoms with Gasteiger partial charge < -0.3 is 4.90 Å². The number of nitrogens with two attached hydrogens (primary N) is 1. The topological polar surface area (TPSA) is 52.8 Å². The Morgan fingerprint density at radius 3 is 2.42 bits per heavy atom. The van der Waals surface area contributed by atoms with Gasteiger partial charge >= 0.3 is 0 Å². The molecule has 132 valence electrons. The van der Waals surface area contributed by atoms with Crippen molar-refractivity contribution in [3.63, 3.8) is 0 Å². The fourth-order valence-electron chi connectivity index (χ4n) is 3.86. The highest BCUT2D eigenvalue weighted by Crippen LogP contribution is 2.28. The molecule has 3 rings (SSSR count). The van der Waals surface area contributed by atoms with Gasteiger partial charge in [-0.1, -0.05) is 25.5 Å². The number of hydrogen-bond donors (Lipinski definition) is 1. The van der Waals surface area contributed by atoms with E-state index in [0.717, 1.165) is 52.0 Å². The van der Waals surface area contributed by atoms with E-state index in [-0.39, 0.29) is 11.9 Å². The molecule has 1 aromatic carbocycles. The minimum atomic E-state index is -0.0557. The third-order valence-corrected chi connectivity index (χ3v) is 5.61. The van der Waals surface area contributed by atoms with E-state index in [1.54, 1.807) is 0 Å². The molecule has 2 fully saturated rings. The quantitative estimate of drug-likeness (QED) is 0.521. The van der Waals surface area contributed by atoms with Gasteiger partial charge in [-0.25, -0.2) is 5.84 Å². The zero-order valence-corrected chi connectivity index (χ0v) is 14.9.